The SMILES string of the molecule is CC(I)(C(=O)O)c1ccc(O)cc1. The van der Waals surface area contributed by atoms with Crippen LogP contribution in [0.15, 0.2) is 24.3 Å². The van der Waals surface area contributed by atoms with Crippen LogP contribution in [0.4, 0.5) is 0 Å². The van der Waals surface area contributed by atoms with Gasteiger partial charge in [0.25, 0.3) is 0 Å². The molecule has 1 aromatic rings. The van der Waals surface area contributed by atoms with Gasteiger partial charge in [0, 0.05) is 0 Å². The predicted molar refractivity (Wildman–Crippen MR) is 57.1 cm³/mol. The van der Waals surface area contributed by atoms with Gasteiger partial charge in [0.15, 0.2) is 0 Å². The van der Waals surface area contributed by atoms with Crippen molar-refractivity contribution in [2.45, 2.75) is 10.3 Å². The molecule has 4 heteroatoms. The fourth-order valence-corrected chi connectivity index (χ4v) is 1.26. The first-order chi connectivity index (χ1) is 5.94. The fourth-order valence-electron chi connectivity index (χ4n) is 0.898. The number of benzene rings is 1. The highest BCUT2D eigenvalue weighted by atomic mass is 127. The average Bonchev–Trinajstić information content (AvgIpc) is 2.04. The molecule has 0 saturated heterocycles. The molecule has 0 aromatic heterocycles. The van der Waals surface area contributed by atoms with E-state index >= 15 is 0 Å². The number of aliphatic carboxylic acids is 1. The molecule has 1 aromatic carbocycles. The molecule has 0 aliphatic rings. The Kier molecular flexibility index (Phi) is 2.80. The maximum atomic E-state index is 10.8. The smallest absolute Gasteiger partial charge is 0.323 e. The minimum absolute atomic E-state index is 0.140. The summed E-state index contributed by atoms with van der Waals surface area (Å²) in [4.78, 5) is 10.8. The lowest BCUT2D eigenvalue weighted by Gasteiger charge is -2.17. The van der Waals surface area contributed by atoms with E-state index in [0.29, 0.717) is 5.56 Å². The molecule has 70 valence electrons. The Hall–Kier alpha value is -0.780. The topological polar surface area (TPSA) is 57.5 Å². The van der Waals surface area contributed by atoms with Gasteiger partial charge in [-0.05, 0) is 24.6 Å². The zero-order valence-corrected chi connectivity index (χ0v) is 9.15. The normalized spacial score (nSPS) is 14.9. The summed E-state index contributed by atoms with van der Waals surface area (Å²) in [6.07, 6.45) is 0. The first-order valence-electron chi connectivity index (χ1n) is 3.66. The second-order valence-corrected chi connectivity index (χ2v) is 5.01. The molecular weight excluding hydrogens is 283 g/mol. The van der Waals surface area contributed by atoms with Gasteiger partial charge in [-0.3, -0.25) is 4.79 Å². The largest absolute Gasteiger partial charge is 0.508 e. The Morgan fingerprint density at radius 2 is 1.85 bits per heavy atom. The van der Waals surface area contributed by atoms with Gasteiger partial charge in [-0.15, -0.1) is 0 Å². The molecule has 3 nitrogen and oxygen atoms in total. The summed E-state index contributed by atoms with van der Waals surface area (Å²) in [7, 11) is 0. The summed E-state index contributed by atoms with van der Waals surface area (Å²) in [5.74, 6) is -0.750. The van der Waals surface area contributed by atoms with Crippen LogP contribution in [-0.2, 0) is 8.22 Å². The van der Waals surface area contributed by atoms with Gasteiger partial charge < -0.3 is 10.2 Å². The number of rotatable bonds is 2. The maximum Gasteiger partial charge on any atom is 0.323 e. The van der Waals surface area contributed by atoms with Crippen LogP contribution >= 0.6 is 22.6 Å². The number of carboxylic acid groups (broad SMARTS) is 1. The van der Waals surface area contributed by atoms with Crippen LogP contribution < -0.4 is 0 Å². The van der Waals surface area contributed by atoms with E-state index in [-0.39, 0.29) is 5.75 Å². The molecule has 2 N–H and O–H groups in total. The van der Waals surface area contributed by atoms with Crippen molar-refractivity contribution >= 4 is 28.6 Å². The summed E-state index contributed by atoms with van der Waals surface area (Å²) in [5.41, 5.74) is 0.665. The molecular formula is C9H9IO3. The van der Waals surface area contributed by atoms with Crippen molar-refractivity contribution < 1.29 is 15.0 Å². The number of phenolic OH excluding ortho intramolecular Hbond substituents is 1. The van der Waals surface area contributed by atoms with Crippen LogP contribution in [0, 0.1) is 0 Å². The average molecular weight is 292 g/mol. The van der Waals surface area contributed by atoms with E-state index in [0.717, 1.165) is 0 Å². The molecule has 0 saturated carbocycles. The van der Waals surface area contributed by atoms with Gasteiger partial charge in [0.05, 0.1) is 0 Å². The van der Waals surface area contributed by atoms with Gasteiger partial charge in [-0.25, -0.2) is 0 Å². The van der Waals surface area contributed by atoms with Crippen LogP contribution in [0.3, 0.4) is 0 Å². The van der Waals surface area contributed by atoms with Gasteiger partial charge in [0.2, 0.25) is 0 Å². The van der Waals surface area contributed by atoms with E-state index in [2.05, 4.69) is 0 Å². The molecule has 0 bridgehead atoms. The quantitative estimate of drug-likeness (QED) is 0.648. The highest BCUT2D eigenvalue weighted by Crippen LogP contribution is 2.32. The van der Waals surface area contributed by atoms with Crippen LogP contribution in [-0.4, -0.2) is 16.2 Å². The van der Waals surface area contributed by atoms with Gasteiger partial charge in [0.1, 0.15) is 9.17 Å². The van der Waals surface area contributed by atoms with E-state index in [9.17, 15) is 4.79 Å². The maximum absolute atomic E-state index is 10.8. The highest BCUT2D eigenvalue weighted by molar-refractivity contribution is 14.1. The Bertz CT molecular complexity index is 316. The minimum Gasteiger partial charge on any atom is -0.508 e. The van der Waals surface area contributed by atoms with Gasteiger partial charge >= 0.3 is 5.97 Å². The van der Waals surface area contributed by atoms with Crippen molar-refractivity contribution in [2.24, 2.45) is 0 Å². The summed E-state index contributed by atoms with van der Waals surface area (Å²) >= 11 is 1.86. The third-order valence-corrected chi connectivity index (χ3v) is 2.90. The highest BCUT2D eigenvalue weighted by Gasteiger charge is 2.31. The predicted octanol–water partition coefficient (Wildman–Crippen LogP) is 2.13. The molecule has 0 radical (unpaired) electrons. The number of carbonyl (C=O) groups is 1. The van der Waals surface area contributed by atoms with Crippen LogP contribution in [0.5, 0.6) is 5.75 Å². The molecule has 1 atom stereocenters. The van der Waals surface area contributed by atoms with E-state index in [1.807, 2.05) is 22.6 Å². The van der Waals surface area contributed by atoms with Crippen LogP contribution in [0.2, 0.25) is 0 Å². The summed E-state index contributed by atoms with van der Waals surface area (Å²) < 4.78 is -0.939. The molecule has 1 rings (SSSR count). The summed E-state index contributed by atoms with van der Waals surface area (Å²) in [5, 5.41) is 17.9. The van der Waals surface area contributed by atoms with Gasteiger partial charge in [-0.2, -0.15) is 0 Å². The third kappa shape index (κ3) is 2.12. The Balaban J connectivity index is 3.08. The first kappa shape index (κ1) is 10.3. The second kappa shape index (κ2) is 3.53. The molecule has 0 heterocycles. The lowest BCUT2D eigenvalue weighted by atomic mass is 10.0. The molecule has 0 amide bonds. The number of phenols is 1. The first-order valence-corrected chi connectivity index (χ1v) is 4.74. The van der Waals surface area contributed by atoms with Crippen LogP contribution in [0.25, 0.3) is 0 Å². The number of aromatic hydroxyl groups is 1. The molecule has 0 fully saturated rings. The number of alkyl halides is 1. The van der Waals surface area contributed by atoms with Crippen molar-refractivity contribution in [1.29, 1.82) is 0 Å². The lowest BCUT2D eigenvalue weighted by Crippen LogP contribution is -2.24. The molecule has 1 unspecified atom stereocenters. The van der Waals surface area contributed by atoms with Crippen molar-refractivity contribution in [3.63, 3.8) is 0 Å². The molecule has 0 aliphatic carbocycles. The Morgan fingerprint density at radius 3 is 2.23 bits per heavy atom. The summed E-state index contributed by atoms with van der Waals surface area (Å²) in [6, 6.07) is 6.18. The molecule has 0 spiro atoms. The number of hydrogen-bond donors (Lipinski definition) is 2. The zero-order chi connectivity index (χ0) is 10.1. The number of hydrogen-bond acceptors (Lipinski definition) is 2. The standard InChI is InChI=1S/C9H9IO3/c1-9(10,8(12)13)6-2-4-7(11)5-3-6/h2-5,11H,1H3,(H,12,13). The zero-order valence-electron chi connectivity index (χ0n) is 6.99. The van der Waals surface area contributed by atoms with E-state index < -0.39 is 9.39 Å². The Labute approximate surface area is 89.5 Å². The Morgan fingerprint density at radius 1 is 1.38 bits per heavy atom. The van der Waals surface area contributed by atoms with Crippen molar-refractivity contribution in [1.82, 2.24) is 0 Å². The number of carboxylic acids is 1. The summed E-state index contributed by atoms with van der Waals surface area (Å²) in [6.45, 7) is 1.61. The van der Waals surface area contributed by atoms with E-state index in [1.54, 1.807) is 19.1 Å². The van der Waals surface area contributed by atoms with E-state index in [4.69, 9.17) is 10.2 Å². The van der Waals surface area contributed by atoms with Crippen molar-refractivity contribution in [3.05, 3.63) is 29.8 Å². The molecule has 13 heavy (non-hydrogen) atoms. The molecule has 0 aliphatic heterocycles. The monoisotopic (exact) mass is 292 g/mol. The fraction of sp³-hybridized carbons (Fsp3) is 0.222. The van der Waals surface area contributed by atoms with Crippen LogP contribution in [0.1, 0.15) is 12.5 Å². The lowest BCUT2D eigenvalue weighted by molar-refractivity contribution is -0.139. The second-order valence-electron chi connectivity index (χ2n) is 2.85. The minimum atomic E-state index is -0.939. The third-order valence-electron chi connectivity index (χ3n) is 1.81. The van der Waals surface area contributed by atoms with E-state index in [1.165, 1.54) is 12.1 Å². The van der Waals surface area contributed by atoms with Crippen molar-refractivity contribution in [3.8, 4) is 5.75 Å². The van der Waals surface area contributed by atoms with Crippen molar-refractivity contribution in [2.75, 3.05) is 0 Å². The number of halogens is 1. The van der Waals surface area contributed by atoms with Gasteiger partial charge in [-0.1, -0.05) is 34.7 Å².